The summed E-state index contributed by atoms with van der Waals surface area (Å²) in [5.74, 6) is -2.82. The summed E-state index contributed by atoms with van der Waals surface area (Å²) >= 11 is 0. The normalized spacial score (nSPS) is 12.2. The van der Waals surface area contributed by atoms with Crippen molar-refractivity contribution >= 4 is 34.8 Å². The molecule has 0 saturated carbocycles. The molecule has 0 saturated heterocycles. The van der Waals surface area contributed by atoms with Gasteiger partial charge in [-0.15, -0.1) is 0 Å². The minimum atomic E-state index is -0.682. The number of aromatic hydroxyl groups is 2. The molecule has 0 aromatic heterocycles. The number of ketones is 2. The van der Waals surface area contributed by atoms with Crippen LogP contribution in [0.15, 0.2) is 24.3 Å². The van der Waals surface area contributed by atoms with Crippen LogP contribution in [0, 0.1) is 0 Å². The molecule has 3 rings (SSSR count). The average molecular weight is 589 g/mol. The molecule has 0 bridgehead atoms. The molecule has 2 aromatic carbocycles. The third-order valence-electron chi connectivity index (χ3n) is 6.56. The quantitative estimate of drug-likeness (QED) is 0.0789. The molecule has 2 amide bonds. The van der Waals surface area contributed by atoms with Gasteiger partial charge in [-0.1, -0.05) is 0 Å². The molecule has 0 aliphatic heterocycles. The molecule has 228 valence electrons. The van der Waals surface area contributed by atoms with Crippen molar-refractivity contribution in [1.29, 1.82) is 0 Å². The van der Waals surface area contributed by atoms with E-state index in [1.165, 1.54) is 28.4 Å². The molecule has 0 radical (unpaired) electrons. The van der Waals surface area contributed by atoms with Gasteiger partial charge < -0.3 is 50.4 Å². The Morgan fingerprint density at radius 3 is 1.31 bits per heavy atom. The maximum absolute atomic E-state index is 13.6. The standard InChI is InChI=1S/C28H36N4O10/c1-39-21(40-2)13-19(35)31-11-9-29-15-5-6-16(30-10-12-32-20(36)14-22(41-3)42-4)24-23(15)27(37)25-17(33)7-8-18(34)26(25)28(24)38/h5-8,21-22,29-30,33-34H,9-14H2,1-4H3,(H,31,35)(H,32,36). The largest absolute Gasteiger partial charge is 0.507 e. The fraction of sp³-hybridized carbons (Fsp3) is 0.429. The molecule has 0 atom stereocenters. The Hall–Kier alpha value is -4.24. The van der Waals surface area contributed by atoms with Crippen LogP contribution in [0.1, 0.15) is 44.7 Å². The summed E-state index contributed by atoms with van der Waals surface area (Å²) in [6, 6.07) is 5.46. The molecule has 14 heteroatoms. The summed E-state index contributed by atoms with van der Waals surface area (Å²) in [5, 5.41) is 32.4. The van der Waals surface area contributed by atoms with Gasteiger partial charge in [0.15, 0.2) is 12.6 Å². The molecule has 6 N–H and O–H groups in total. The van der Waals surface area contributed by atoms with Gasteiger partial charge in [0, 0.05) is 66.0 Å². The lowest BCUT2D eigenvalue weighted by Gasteiger charge is -2.25. The molecule has 1 aliphatic carbocycles. The first-order valence-corrected chi connectivity index (χ1v) is 13.1. The van der Waals surface area contributed by atoms with Crippen LogP contribution in [0.4, 0.5) is 11.4 Å². The number of fused-ring (bicyclic) bond motifs is 2. The van der Waals surface area contributed by atoms with E-state index in [9.17, 15) is 29.4 Å². The Bertz CT molecular complexity index is 1210. The van der Waals surface area contributed by atoms with Crippen molar-refractivity contribution in [3.05, 3.63) is 46.5 Å². The maximum Gasteiger partial charge on any atom is 0.225 e. The fourth-order valence-electron chi connectivity index (χ4n) is 4.43. The van der Waals surface area contributed by atoms with Crippen molar-refractivity contribution < 1.29 is 48.3 Å². The van der Waals surface area contributed by atoms with E-state index in [2.05, 4.69) is 21.3 Å². The summed E-state index contributed by atoms with van der Waals surface area (Å²) < 4.78 is 20.1. The zero-order valence-electron chi connectivity index (χ0n) is 23.9. The number of phenols is 2. The number of anilines is 2. The monoisotopic (exact) mass is 588 g/mol. The van der Waals surface area contributed by atoms with Crippen molar-refractivity contribution in [2.45, 2.75) is 25.4 Å². The molecule has 2 aromatic rings. The number of nitrogens with one attached hydrogen (secondary N) is 4. The Labute approximate surface area is 242 Å². The lowest BCUT2D eigenvalue weighted by molar-refractivity contribution is -0.140. The Morgan fingerprint density at radius 2 is 0.976 bits per heavy atom. The maximum atomic E-state index is 13.6. The van der Waals surface area contributed by atoms with Gasteiger partial charge in [-0.25, -0.2) is 0 Å². The highest BCUT2D eigenvalue weighted by molar-refractivity contribution is 6.33. The number of carbonyl (C=O) groups is 4. The van der Waals surface area contributed by atoms with E-state index in [1.54, 1.807) is 12.1 Å². The number of amides is 2. The second-order valence-corrected chi connectivity index (χ2v) is 9.19. The van der Waals surface area contributed by atoms with Gasteiger partial charge in [0.05, 0.1) is 35.1 Å². The van der Waals surface area contributed by atoms with Gasteiger partial charge in [-0.05, 0) is 24.3 Å². The molecule has 0 fully saturated rings. The van der Waals surface area contributed by atoms with Crippen molar-refractivity contribution in [3.8, 4) is 11.5 Å². The van der Waals surface area contributed by atoms with Crippen LogP contribution in [0.3, 0.4) is 0 Å². The fourth-order valence-corrected chi connectivity index (χ4v) is 4.43. The van der Waals surface area contributed by atoms with E-state index in [4.69, 9.17) is 18.9 Å². The predicted octanol–water partition coefficient (Wildman–Crippen LogP) is 0.947. The predicted molar refractivity (Wildman–Crippen MR) is 151 cm³/mol. The summed E-state index contributed by atoms with van der Waals surface area (Å²) in [6.07, 6.45) is -1.37. The molecular weight excluding hydrogens is 552 g/mol. The van der Waals surface area contributed by atoms with Crippen LogP contribution >= 0.6 is 0 Å². The number of benzene rings is 2. The lowest BCUT2D eigenvalue weighted by Crippen LogP contribution is -2.33. The summed E-state index contributed by atoms with van der Waals surface area (Å²) in [6.45, 7) is 0.772. The van der Waals surface area contributed by atoms with Crippen LogP contribution in [0.25, 0.3) is 0 Å². The third kappa shape index (κ3) is 7.53. The number of rotatable bonds is 16. The zero-order valence-corrected chi connectivity index (χ0v) is 23.9. The first-order valence-electron chi connectivity index (χ1n) is 13.1. The average Bonchev–Trinajstić information content (AvgIpc) is 2.98. The summed E-state index contributed by atoms with van der Waals surface area (Å²) in [5.41, 5.74) is -0.0249. The zero-order chi connectivity index (χ0) is 30.8. The van der Waals surface area contributed by atoms with Gasteiger partial charge in [0.1, 0.15) is 11.5 Å². The van der Waals surface area contributed by atoms with E-state index < -0.39 is 35.6 Å². The van der Waals surface area contributed by atoms with Gasteiger partial charge in [0.25, 0.3) is 0 Å². The van der Waals surface area contributed by atoms with E-state index in [-0.39, 0.29) is 73.1 Å². The SMILES string of the molecule is COC(CC(=O)NCCNc1ccc(NCCNC(=O)CC(OC)OC)c2c1C(=O)c1c(O)ccc(O)c1C2=O)OC. The van der Waals surface area contributed by atoms with Crippen molar-refractivity contribution in [1.82, 2.24) is 10.6 Å². The Kier molecular flexibility index (Phi) is 11.6. The van der Waals surface area contributed by atoms with Crippen molar-refractivity contribution in [2.24, 2.45) is 0 Å². The molecular formula is C28H36N4O10. The van der Waals surface area contributed by atoms with Crippen LogP contribution in [0.2, 0.25) is 0 Å². The molecule has 1 aliphatic rings. The molecule has 14 nitrogen and oxygen atoms in total. The first-order chi connectivity index (χ1) is 20.2. The lowest BCUT2D eigenvalue weighted by atomic mass is 9.81. The number of ether oxygens (including phenoxy) is 4. The highest BCUT2D eigenvalue weighted by Gasteiger charge is 2.38. The van der Waals surface area contributed by atoms with E-state index in [0.717, 1.165) is 12.1 Å². The van der Waals surface area contributed by atoms with Crippen LogP contribution in [-0.4, -0.2) is 101 Å². The minimum Gasteiger partial charge on any atom is -0.507 e. The minimum absolute atomic E-state index is 0.00405. The van der Waals surface area contributed by atoms with E-state index in [1.807, 2.05) is 0 Å². The highest BCUT2D eigenvalue weighted by atomic mass is 16.7. The van der Waals surface area contributed by atoms with Gasteiger partial charge in [-0.2, -0.15) is 0 Å². The first kappa shape index (κ1) is 32.3. The van der Waals surface area contributed by atoms with Crippen LogP contribution in [0.5, 0.6) is 11.5 Å². The molecule has 0 unspecified atom stereocenters. The van der Waals surface area contributed by atoms with Crippen molar-refractivity contribution in [3.63, 3.8) is 0 Å². The Balaban J connectivity index is 1.79. The van der Waals surface area contributed by atoms with Gasteiger partial charge >= 0.3 is 0 Å². The van der Waals surface area contributed by atoms with Gasteiger partial charge in [-0.3, -0.25) is 19.2 Å². The number of methoxy groups -OCH3 is 4. The van der Waals surface area contributed by atoms with Crippen LogP contribution in [-0.2, 0) is 28.5 Å². The topological polar surface area (TPSA) is 194 Å². The highest BCUT2D eigenvalue weighted by Crippen LogP contribution is 2.42. The van der Waals surface area contributed by atoms with E-state index in [0.29, 0.717) is 11.4 Å². The van der Waals surface area contributed by atoms with Crippen molar-refractivity contribution in [2.75, 3.05) is 65.3 Å². The second-order valence-electron chi connectivity index (χ2n) is 9.19. The Morgan fingerprint density at radius 1 is 0.619 bits per heavy atom. The molecule has 42 heavy (non-hydrogen) atoms. The van der Waals surface area contributed by atoms with Crippen LogP contribution < -0.4 is 21.3 Å². The number of carbonyl (C=O) groups excluding carboxylic acids is 4. The molecule has 0 spiro atoms. The smallest absolute Gasteiger partial charge is 0.225 e. The number of hydrogen-bond acceptors (Lipinski definition) is 12. The van der Waals surface area contributed by atoms with E-state index >= 15 is 0 Å². The van der Waals surface area contributed by atoms with Gasteiger partial charge in [0.2, 0.25) is 23.4 Å². The summed E-state index contributed by atoms with van der Waals surface area (Å²) in [4.78, 5) is 51.5. The second kappa shape index (κ2) is 15.1. The summed E-state index contributed by atoms with van der Waals surface area (Å²) in [7, 11) is 5.70. The third-order valence-corrected chi connectivity index (χ3v) is 6.56. The number of hydrogen-bond donors (Lipinski definition) is 6. The number of phenolic OH excluding ortho intramolecular Hbond substituents is 2. The molecule has 0 heterocycles.